The molecule has 1 unspecified atom stereocenters. The quantitative estimate of drug-likeness (QED) is 0.733. The molecule has 1 N–H and O–H groups in total. The van der Waals surface area contributed by atoms with Crippen LogP contribution in [0.5, 0.6) is 5.75 Å². The van der Waals surface area contributed by atoms with Gasteiger partial charge in [0, 0.05) is 23.6 Å². The van der Waals surface area contributed by atoms with E-state index in [1.807, 2.05) is 12.1 Å². The highest BCUT2D eigenvalue weighted by Gasteiger charge is 2.14. The minimum atomic E-state index is -1.25. The molecular weight excluding hydrogens is 336 g/mol. The van der Waals surface area contributed by atoms with E-state index in [9.17, 15) is 4.21 Å². The van der Waals surface area contributed by atoms with E-state index in [1.54, 1.807) is 37.9 Å². The lowest BCUT2D eigenvalue weighted by atomic mass is 10.1. The Morgan fingerprint density at radius 1 is 1.30 bits per heavy atom. The number of H-pyrrole nitrogens is 1. The third-order valence-electron chi connectivity index (χ3n) is 3.25. The summed E-state index contributed by atoms with van der Waals surface area (Å²) in [6.45, 7) is 0. The molecule has 0 aliphatic heterocycles. The molecule has 0 aliphatic rings. The van der Waals surface area contributed by atoms with Crippen LogP contribution in [0.4, 0.5) is 0 Å². The minimum absolute atomic E-state index is 0.281. The summed E-state index contributed by atoms with van der Waals surface area (Å²) in [5.41, 5.74) is 3.05. The summed E-state index contributed by atoms with van der Waals surface area (Å²) in [7, 11) is 0.311. The van der Waals surface area contributed by atoms with Gasteiger partial charge < -0.3 is 4.74 Å². The number of halogens is 1. The van der Waals surface area contributed by atoms with Gasteiger partial charge in [0.25, 0.3) is 0 Å². The standard InChI is InChI=1S/C15H13ClN4O2S/c1-22-13-7-9(3-4-11(13)16)14-10(8-18-20-14)12-5-6-17-15(19-12)23(2)21/h3-8H,1-2H3,(H,18,20). The minimum Gasteiger partial charge on any atom is -0.495 e. The number of nitrogens with one attached hydrogen (secondary N) is 1. The molecule has 118 valence electrons. The molecule has 0 saturated carbocycles. The molecule has 0 bridgehead atoms. The van der Waals surface area contributed by atoms with Gasteiger partial charge in [0.2, 0.25) is 5.16 Å². The van der Waals surface area contributed by atoms with Crippen LogP contribution < -0.4 is 4.74 Å². The predicted octanol–water partition coefficient (Wildman–Crippen LogP) is 2.93. The van der Waals surface area contributed by atoms with Crippen LogP contribution in [-0.2, 0) is 10.8 Å². The number of aromatic nitrogens is 4. The Balaban J connectivity index is 2.10. The van der Waals surface area contributed by atoms with E-state index in [0.717, 1.165) is 16.8 Å². The monoisotopic (exact) mass is 348 g/mol. The average Bonchev–Trinajstić information content (AvgIpc) is 3.05. The molecule has 0 saturated heterocycles. The second kappa shape index (κ2) is 6.47. The summed E-state index contributed by atoms with van der Waals surface area (Å²) in [4.78, 5) is 8.34. The van der Waals surface area contributed by atoms with Gasteiger partial charge in [-0.2, -0.15) is 5.10 Å². The molecular formula is C15H13ClN4O2S. The second-order valence-corrected chi connectivity index (χ2v) is 6.37. The highest BCUT2D eigenvalue weighted by Crippen LogP contribution is 2.34. The third kappa shape index (κ3) is 3.11. The molecule has 1 atom stereocenters. The fraction of sp³-hybridized carbons (Fsp3) is 0.133. The molecule has 23 heavy (non-hydrogen) atoms. The number of rotatable bonds is 4. The van der Waals surface area contributed by atoms with Crippen LogP contribution >= 0.6 is 11.6 Å². The first kappa shape index (κ1) is 15.6. The molecule has 0 aliphatic carbocycles. The predicted molar refractivity (Wildman–Crippen MR) is 88.9 cm³/mol. The van der Waals surface area contributed by atoms with Crippen molar-refractivity contribution in [2.45, 2.75) is 5.16 Å². The number of ether oxygens (including phenoxy) is 1. The van der Waals surface area contributed by atoms with Crippen LogP contribution in [0.2, 0.25) is 5.02 Å². The van der Waals surface area contributed by atoms with Crippen LogP contribution in [-0.4, -0.2) is 37.7 Å². The molecule has 8 heteroatoms. The second-order valence-electron chi connectivity index (χ2n) is 4.69. The van der Waals surface area contributed by atoms with Crippen molar-refractivity contribution in [3.63, 3.8) is 0 Å². The molecule has 0 radical (unpaired) electrons. The highest BCUT2D eigenvalue weighted by molar-refractivity contribution is 7.84. The fourth-order valence-corrected chi connectivity index (χ4v) is 2.78. The van der Waals surface area contributed by atoms with E-state index >= 15 is 0 Å². The first-order chi connectivity index (χ1) is 11.1. The van der Waals surface area contributed by atoms with Crippen molar-refractivity contribution in [2.75, 3.05) is 13.4 Å². The van der Waals surface area contributed by atoms with E-state index in [1.165, 1.54) is 0 Å². The molecule has 1 aromatic carbocycles. The van der Waals surface area contributed by atoms with Crippen molar-refractivity contribution < 1.29 is 8.95 Å². The van der Waals surface area contributed by atoms with E-state index in [2.05, 4.69) is 20.2 Å². The molecule has 6 nitrogen and oxygen atoms in total. The smallest absolute Gasteiger partial charge is 0.218 e. The van der Waals surface area contributed by atoms with Crippen molar-refractivity contribution in [1.82, 2.24) is 20.2 Å². The van der Waals surface area contributed by atoms with Crippen LogP contribution in [0.1, 0.15) is 0 Å². The Bertz CT molecular complexity index is 881. The van der Waals surface area contributed by atoms with Crippen LogP contribution in [0.3, 0.4) is 0 Å². The Morgan fingerprint density at radius 3 is 2.87 bits per heavy atom. The van der Waals surface area contributed by atoms with E-state index < -0.39 is 10.8 Å². The Kier molecular flexibility index (Phi) is 4.40. The van der Waals surface area contributed by atoms with E-state index in [-0.39, 0.29) is 5.16 Å². The molecule has 2 aromatic heterocycles. The van der Waals surface area contributed by atoms with Crippen LogP contribution in [0.15, 0.2) is 41.8 Å². The number of hydrogen-bond acceptors (Lipinski definition) is 5. The number of benzene rings is 1. The van der Waals surface area contributed by atoms with Gasteiger partial charge in [0.15, 0.2) is 0 Å². The molecule has 0 fully saturated rings. The van der Waals surface area contributed by atoms with Crippen molar-refractivity contribution in [1.29, 1.82) is 0 Å². The number of methoxy groups -OCH3 is 1. The lowest BCUT2D eigenvalue weighted by Gasteiger charge is -2.07. The Hall–Kier alpha value is -2.25. The average molecular weight is 349 g/mol. The number of nitrogens with zero attached hydrogens (tertiary/aromatic N) is 3. The maximum Gasteiger partial charge on any atom is 0.218 e. The zero-order chi connectivity index (χ0) is 16.4. The Labute approximate surface area is 140 Å². The third-order valence-corrected chi connectivity index (χ3v) is 4.27. The van der Waals surface area contributed by atoms with Gasteiger partial charge in [-0.05, 0) is 18.2 Å². The highest BCUT2D eigenvalue weighted by atomic mass is 35.5. The van der Waals surface area contributed by atoms with Crippen LogP contribution in [0, 0.1) is 0 Å². The summed E-state index contributed by atoms with van der Waals surface area (Å²) in [5.74, 6) is 0.572. The van der Waals surface area contributed by atoms with Gasteiger partial charge in [-0.15, -0.1) is 0 Å². The summed E-state index contributed by atoms with van der Waals surface area (Å²) in [6, 6.07) is 7.19. The van der Waals surface area contributed by atoms with Crippen molar-refractivity contribution >= 4 is 22.4 Å². The normalized spacial score (nSPS) is 12.1. The largest absolute Gasteiger partial charge is 0.495 e. The summed E-state index contributed by atoms with van der Waals surface area (Å²) < 4.78 is 16.8. The maximum absolute atomic E-state index is 11.6. The summed E-state index contributed by atoms with van der Waals surface area (Å²) >= 11 is 6.06. The molecule has 2 heterocycles. The van der Waals surface area contributed by atoms with Crippen molar-refractivity contribution in [3.05, 3.63) is 41.7 Å². The summed E-state index contributed by atoms with van der Waals surface area (Å²) in [5, 5.41) is 7.86. The van der Waals surface area contributed by atoms with Crippen LogP contribution in [0.25, 0.3) is 22.5 Å². The van der Waals surface area contributed by atoms with Gasteiger partial charge in [-0.1, -0.05) is 17.7 Å². The van der Waals surface area contributed by atoms with Gasteiger partial charge in [-0.25, -0.2) is 9.97 Å². The fourth-order valence-electron chi connectivity index (χ4n) is 2.15. The van der Waals surface area contributed by atoms with E-state index in [4.69, 9.17) is 16.3 Å². The molecule has 0 spiro atoms. The molecule has 3 rings (SSSR count). The van der Waals surface area contributed by atoms with Gasteiger partial charge in [0.05, 0.1) is 40.5 Å². The molecule has 3 aromatic rings. The summed E-state index contributed by atoms with van der Waals surface area (Å²) in [6.07, 6.45) is 4.79. The van der Waals surface area contributed by atoms with Crippen molar-refractivity contribution in [2.24, 2.45) is 0 Å². The maximum atomic E-state index is 11.6. The first-order valence-electron chi connectivity index (χ1n) is 6.64. The van der Waals surface area contributed by atoms with Gasteiger partial charge in [0.1, 0.15) is 5.75 Å². The van der Waals surface area contributed by atoms with Gasteiger partial charge >= 0.3 is 0 Å². The zero-order valence-corrected chi connectivity index (χ0v) is 14.0. The SMILES string of the molecule is COc1cc(-c2[nH]ncc2-c2ccnc(S(C)=O)n2)ccc1Cl. The zero-order valence-electron chi connectivity index (χ0n) is 12.4. The lowest BCUT2D eigenvalue weighted by Crippen LogP contribution is -1.98. The van der Waals surface area contributed by atoms with Crippen molar-refractivity contribution in [3.8, 4) is 28.3 Å². The Morgan fingerprint density at radius 2 is 2.13 bits per heavy atom. The first-order valence-corrected chi connectivity index (χ1v) is 8.58. The molecule has 0 amide bonds. The number of hydrogen-bond donors (Lipinski definition) is 1. The topological polar surface area (TPSA) is 80.8 Å². The van der Waals surface area contributed by atoms with Gasteiger partial charge in [-0.3, -0.25) is 9.31 Å². The van der Waals surface area contributed by atoms with E-state index in [0.29, 0.717) is 16.5 Å². The lowest BCUT2D eigenvalue weighted by molar-refractivity contribution is 0.415. The number of aromatic amines is 1.